The molecular weight excluding hydrogens is 245 g/mol. The van der Waals surface area contributed by atoms with Crippen LogP contribution in [0.15, 0.2) is 12.4 Å². The maximum atomic E-state index is 13.9. The van der Waals surface area contributed by atoms with Gasteiger partial charge in [-0.3, -0.25) is 0 Å². The molecule has 5 nitrogen and oxygen atoms in total. The Morgan fingerprint density at radius 1 is 1.11 bits per heavy atom. The van der Waals surface area contributed by atoms with Crippen LogP contribution in [-0.4, -0.2) is 26.5 Å². The number of halogens is 1. The molecule has 1 N–H and O–H groups in total. The van der Waals surface area contributed by atoms with Gasteiger partial charge in [0.1, 0.15) is 0 Å². The Morgan fingerprint density at radius 3 is 2.42 bits per heavy atom. The summed E-state index contributed by atoms with van der Waals surface area (Å²) in [6.07, 6.45) is 4.26. The van der Waals surface area contributed by atoms with E-state index in [9.17, 15) is 4.39 Å². The van der Waals surface area contributed by atoms with Gasteiger partial charge in [-0.25, -0.2) is 24.3 Å². The van der Waals surface area contributed by atoms with E-state index in [1.54, 1.807) is 19.3 Å². The Kier molecular flexibility index (Phi) is 3.99. The van der Waals surface area contributed by atoms with E-state index in [-0.39, 0.29) is 11.5 Å². The van der Waals surface area contributed by atoms with E-state index in [1.807, 2.05) is 13.8 Å². The van der Waals surface area contributed by atoms with E-state index in [4.69, 9.17) is 0 Å². The first kappa shape index (κ1) is 13.3. The van der Waals surface area contributed by atoms with Gasteiger partial charge in [-0.05, 0) is 25.8 Å². The second-order valence-corrected chi connectivity index (χ2v) is 4.31. The molecule has 19 heavy (non-hydrogen) atoms. The molecule has 0 amide bonds. The molecule has 0 radical (unpaired) electrons. The molecule has 0 bridgehead atoms. The largest absolute Gasteiger partial charge is 0.368 e. The van der Waals surface area contributed by atoms with E-state index in [1.165, 1.54) is 0 Å². The van der Waals surface area contributed by atoms with Crippen molar-refractivity contribution in [2.24, 2.45) is 0 Å². The Labute approximate surface area is 111 Å². The molecule has 0 saturated heterocycles. The van der Waals surface area contributed by atoms with Crippen molar-refractivity contribution >= 4 is 5.82 Å². The van der Waals surface area contributed by atoms with Crippen LogP contribution in [0.2, 0.25) is 0 Å². The van der Waals surface area contributed by atoms with E-state index in [0.29, 0.717) is 18.2 Å². The molecule has 6 heteroatoms. The summed E-state index contributed by atoms with van der Waals surface area (Å²) in [5.41, 5.74) is 1.24. The molecule has 2 aromatic heterocycles. The van der Waals surface area contributed by atoms with Crippen LogP contribution in [0.4, 0.5) is 10.2 Å². The van der Waals surface area contributed by atoms with Gasteiger partial charge in [-0.15, -0.1) is 0 Å². The zero-order valence-electron chi connectivity index (χ0n) is 11.2. The van der Waals surface area contributed by atoms with Crippen LogP contribution < -0.4 is 5.32 Å². The van der Waals surface area contributed by atoms with Gasteiger partial charge < -0.3 is 5.32 Å². The summed E-state index contributed by atoms with van der Waals surface area (Å²) in [7, 11) is 0. The third-order valence-electron chi connectivity index (χ3n) is 2.54. The van der Waals surface area contributed by atoms with Crippen LogP contribution in [0, 0.1) is 19.7 Å². The lowest BCUT2D eigenvalue weighted by atomic mass is 10.3. The molecule has 2 heterocycles. The highest BCUT2D eigenvalue weighted by atomic mass is 19.1. The van der Waals surface area contributed by atoms with E-state index < -0.39 is 5.82 Å². The molecule has 0 atom stereocenters. The van der Waals surface area contributed by atoms with Crippen molar-refractivity contribution in [1.82, 2.24) is 19.9 Å². The molecule has 100 valence electrons. The second kappa shape index (κ2) is 5.69. The molecule has 0 aromatic carbocycles. The third-order valence-corrected chi connectivity index (χ3v) is 2.54. The number of nitrogens with one attached hydrogen (secondary N) is 1. The van der Waals surface area contributed by atoms with E-state index >= 15 is 0 Å². The van der Waals surface area contributed by atoms with Crippen molar-refractivity contribution < 1.29 is 4.39 Å². The van der Waals surface area contributed by atoms with Gasteiger partial charge in [0.25, 0.3) is 0 Å². The van der Waals surface area contributed by atoms with Crippen LogP contribution in [0.1, 0.15) is 24.6 Å². The molecule has 0 spiro atoms. The number of hydrogen-bond acceptors (Lipinski definition) is 5. The summed E-state index contributed by atoms with van der Waals surface area (Å²) in [5, 5.41) is 2.94. The molecule has 0 fully saturated rings. The fourth-order valence-corrected chi connectivity index (χ4v) is 1.53. The summed E-state index contributed by atoms with van der Waals surface area (Å²) in [6.45, 7) is 6.16. The summed E-state index contributed by atoms with van der Waals surface area (Å²) in [5.74, 6) is 0.503. The highest BCUT2D eigenvalue weighted by Crippen LogP contribution is 2.18. The lowest BCUT2D eigenvalue weighted by molar-refractivity contribution is 0.605. The lowest BCUT2D eigenvalue weighted by Gasteiger charge is -2.08. The van der Waals surface area contributed by atoms with Crippen molar-refractivity contribution in [3.63, 3.8) is 0 Å². The molecule has 0 aliphatic rings. The summed E-state index contributed by atoms with van der Waals surface area (Å²) >= 11 is 0. The number of aromatic nitrogens is 4. The highest BCUT2D eigenvalue weighted by Gasteiger charge is 2.13. The van der Waals surface area contributed by atoms with Gasteiger partial charge in [0.15, 0.2) is 23.3 Å². The number of aryl methyl sites for hydroxylation is 2. The van der Waals surface area contributed by atoms with Crippen molar-refractivity contribution in [3.05, 3.63) is 29.5 Å². The first-order chi connectivity index (χ1) is 9.11. The van der Waals surface area contributed by atoms with Crippen LogP contribution >= 0.6 is 0 Å². The van der Waals surface area contributed by atoms with Crippen molar-refractivity contribution in [2.45, 2.75) is 27.2 Å². The molecule has 0 saturated carbocycles. The van der Waals surface area contributed by atoms with Crippen LogP contribution in [-0.2, 0) is 0 Å². The Balaban J connectivity index is 2.40. The predicted molar refractivity (Wildman–Crippen MR) is 71.3 cm³/mol. The van der Waals surface area contributed by atoms with Gasteiger partial charge in [0.05, 0.1) is 5.69 Å². The van der Waals surface area contributed by atoms with E-state index in [2.05, 4.69) is 25.3 Å². The normalized spacial score (nSPS) is 10.5. The topological polar surface area (TPSA) is 63.6 Å². The minimum atomic E-state index is -0.427. The van der Waals surface area contributed by atoms with Gasteiger partial charge >= 0.3 is 0 Å². The molecule has 0 unspecified atom stereocenters. The minimum absolute atomic E-state index is 0.202. The Morgan fingerprint density at radius 2 is 1.79 bits per heavy atom. The van der Waals surface area contributed by atoms with Gasteiger partial charge in [-0.1, -0.05) is 6.92 Å². The molecule has 0 aliphatic carbocycles. The average Bonchev–Trinajstić information content (AvgIpc) is 2.41. The highest BCUT2D eigenvalue weighted by molar-refractivity contribution is 5.49. The van der Waals surface area contributed by atoms with Crippen LogP contribution in [0.5, 0.6) is 0 Å². The SMILES string of the molecule is CCCNc1nc(-c2ncc(C)cn2)nc(C)c1F. The molecule has 0 aliphatic heterocycles. The molecular formula is C13H16FN5. The van der Waals surface area contributed by atoms with Gasteiger partial charge in [0, 0.05) is 18.9 Å². The predicted octanol–water partition coefficient (Wildman–Crippen LogP) is 2.51. The zero-order chi connectivity index (χ0) is 13.8. The zero-order valence-corrected chi connectivity index (χ0v) is 11.2. The maximum Gasteiger partial charge on any atom is 0.200 e. The average molecular weight is 261 g/mol. The monoisotopic (exact) mass is 261 g/mol. The smallest absolute Gasteiger partial charge is 0.200 e. The van der Waals surface area contributed by atoms with Crippen LogP contribution in [0.3, 0.4) is 0 Å². The number of anilines is 1. The quantitative estimate of drug-likeness (QED) is 0.916. The standard InChI is InChI=1S/C13H16FN5/c1-4-5-15-11-10(14)9(3)18-13(19-11)12-16-6-8(2)7-17-12/h6-7H,4-5H2,1-3H3,(H,15,18,19). The van der Waals surface area contributed by atoms with Crippen LogP contribution in [0.25, 0.3) is 11.6 Å². The van der Waals surface area contributed by atoms with Crippen molar-refractivity contribution in [3.8, 4) is 11.6 Å². The summed E-state index contributed by atoms with van der Waals surface area (Å²) in [6, 6.07) is 0. The van der Waals surface area contributed by atoms with Crippen molar-refractivity contribution in [1.29, 1.82) is 0 Å². The number of nitrogens with zero attached hydrogens (tertiary/aromatic N) is 4. The third kappa shape index (κ3) is 3.01. The second-order valence-electron chi connectivity index (χ2n) is 4.31. The summed E-state index contributed by atoms with van der Waals surface area (Å²) < 4.78 is 13.9. The molecule has 2 aromatic rings. The van der Waals surface area contributed by atoms with Gasteiger partial charge in [-0.2, -0.15) is 0 Å². The number of rotatable bonds is 4. The fourth-order valence-electron chi connectivity index (χ4n) is 1.53. The molecule has 2 rings (SSSR count). The summed E-state index contributed by atoms with van der Waals surface area (Å²) in [4.78, 5) is 16.5. The first-order valence-corrected chi connectivity index (χ1v) is 6.19. The maximum absolute atomic E-state index is 13.9. The number of hydrogen-bond donors (Lipinski definition) is 1. The Hall–Kier alpha value is -2.11. The van der Waals surface area contributed by atoms with Gasteiger partial charge in [0.2, 0.25) is 0 Å². The minimum Gasteiger partial charge on any atom is -0.368 e. The Bertz CT molecular complexity index is 568. The lowest BCUT2D eigenvalue weighted by Crippen LogP contribution is -2.09. The van der Waals surface area contributed by atoms with Crippen molar-refractivity contribution in [2.75, 3.05) is 11.9 Å². The fraction of sp³-hybridized carbons (Fsp3) is 0.385. The van der Waals surface area contributed by atoms with E-state index in [0.717, 1.165) is 12.0 Å². The first-order valence-electron chi connectivity index (χ1n) is 6.19.